The number of carbonyl (C=O) groups excluding carboxylic acids is 1. The highest BCUT2D eigenvalue weighted by atomic mass is 16.5. The number of nitrogens with one attached hydrogen (secondary N) is 1. The molecular weight excluding hydrogens is 230 g/mol. The maximum atomic E-state index is 12.2. The SMILES string of the molecule is CO[C@@H]1CCN(C(=O)CN(C)C2CCNCC2)C1. The van der Waals surface area contributed by atoms with Gasteiger partial charge >= 0.3 is 0 Å². The Balaban J connectivity index is 1.76. The summed E-state index contributed by atoms with van der Waals surface area (Å²) in [4.78, 5) is 16.3. The molecule has 1 atom stereocenters. The van der Waals surface area contributed by atoms with Gasteiger partial charge in [-0.25, -0.2) is 0 Å². The Labute approximate surface area is 109 Å². The van der Waals surface area contributed by atoms with E-state index in [1.54, 1.807) is 7.11 Å². The molecule has 2 heterocycles. The largest absolute Gasteiger partial charge is 0.380 e. The van der Waals surface area contributed by atoms with Gasteiger partial charge in [-0.1, -0.05) is 0 Å². The maximum absolute atomic E-state index is 12.2. The van der Waals surface area contributed by atoms with Gasteiger partial charge in [0.2, 0.25) is 5.91 Å². The first kappa shape index (κ1) is 13.8. The smallest absolute Gasteiger partial charge is 0.236 e. The van der Waals surface area contributed by atoms with Crippen LogP contribution in [0.5, 0.6) is 0 Å². The van der Waals surface area contributed by atoms with Crippen LogP contribution in [0.4, 0.5) is 0 Å². The zero-order valence-corrected chi connectivity index (χ0v) is 11.5. The molecule has 2 aliphatic rings. The number of hydrogen-bond donors (Lipinski definition) is 1. The summed E-state index contributed by atoms with van der Waals surface area (Å²) >= 11 is 0. The van der Waals surface area contributed by atoms with Crippen molar-refractivity contribution in [3.8, 4) is 0 Å². The molecule has 104 valence electrons. The molecule has 0 spiro atoms. The first-order valence-electron chi connectivity index (χ1n) is 6.92. The lowest BCUT2D eigenvalue weighted by molar-refractivity contribution is -0.132. The van der Waals surface area contributed by atoms with Crippen molar-refractivity contribution in [2.75, 3.05) is 46.9 Å². The van der Waals surface area contributed by atoms with Crippen LogP contribution in [-0.2, 0) is 9.53 Å². The predicted molar refractivity (Wildman–Crippen MR) is 70.5 cm³/mol. The van der Waals surface area contributed by atoms with Gasteiger partial charge in [-0.3, -0.25) is 9.69 Å². The number of hydrogen-bond acceptors (Lipinski definition) is 4. The summed E-state index contributed by atoms with van der Waals surface area (Å²) in [7, 11) is 3.79. The average molecular weight is 255 g/mol. The van der Waals surface area contributed by atoms with Crippen molar-refractivity contribution < 1.29 is 9.53 Å². The number of amides is 1. The Morgan fingerprint density at radius 1 is 1.39 bits per heavy atom. The van der Waals surface area contributed by atoms with Crippen LogP contribution in [0.25, 0.3) is 0 Å². The van der Waals surface area contributed by atoms with Crippen LogP contribution in [0.2, 0.25) is 0 Å². The standard InChI is InChI=1S/C13H25N3O2/c1-15(11-3-6-14-7-4-11)10-13(17)16-8-5-12(9-16)18-2/h11-12,14H,3-10H2,1-2H3/t12-/m1/s1. The van der Waals surface area contributed by atoms with Gasteiger partial charge < -0.3 is 15.0 Å². The lowest BCUT2D eigenvalue weighted by Crippen LogP contribution is -2.46. The quantitative estimate of drug-likeness (QED) is 0.763. The van der Waals surface area contributed by atoms with E-state index in [0.717, 1.165) is 45.4 Å². The van der Waals surface area contributed by atoms with Gasteiger partial charge in [0.1, 0.15) is 0 Å². The molecule has 2 aliphatic heterocycles. The minimum atomic E-state index is 0.234. The molecule has 0 radical (unpaired) electrons. The highest BCUT2D eigenvalue weighted by Gasteiger charge is 2.28. The predicted octanol–water partition coefficient (Wildman–Crippen LogP) is -0.0825. The van der Waals surface area contributed by atoms with E-state index in [2.05, 4.69) is 17.3 Å². The third-order valence-corrected chi connectivity index (χ3v) is 4.15. The minimum Gasteiger partial charge on any atom is -0.380 e. The zero-order chi connectivity index (χ0) is 13.0. The Morgan fingerprint density at radius 3 is 2.72 bits per heavy atom. The van der Waals surface area contributed by atoms with E-state index < -0.39 is 0 Å². The Bertz CT molecular complexity index is 279. The van der Waals surface area contributed by atoms with Crippen LogP contribution in [0, 0.1) is 0 Å². The van der Waals surface area contributed by atoms with Crippen molar-refractivity contribution in [2.45, 2.75) is 31.4 Å². The zero-order valence-electron chi connectivity index (χ0n) is 11.5. The molecule has 2 rings (SSSR count). The van der Waals surface area contributed by atoms with E-state index in [1.165, 1.54) is 0 Å². The van der Waals surface area contributed by atoms with Gasteiger partial charge in [0, 0.05) is 26.2 Å². The second-order valence-electron chi connectivity index (χ2n) is 5.38. The number of nitrogens with zero attached hydrogens (tertiary/aromatic N) is 2. The first-order valence-corrected chi connectivity index (χ1v) is 6.92. The van der Waals surface area contributed by atoms with Gasteiger partial charge in [0.25, 0.3) is 0 Å². The summed E-state index contributed by atoms with van der Waals surface area (Å²) in [6.07, 6.45) is 3.49. The Hall–Kier alpha value is -0.650. The van der Waals surface area contributed by atoms with Crippen LogP contribution < -0.4 is 5.32 Å². The molecule has 1 N–H and O–H groups in total. The van der Waals surface area contributed by atoms with Crippen LogP contribution in [-0.4, -0.2) is 74.7 Å². The number of ether oxygens (including phenoxy) is 1. The molecule has 2 fully saturated rings. The monoisotopic (exact) mass is 255 g/mol. The minimum absolute atomic E-state index is 0.234. The molecule has 18 heavy (non-hydrogen) atoms. The van der Waals surface area contributed by atoms with Crippen LogP contribution in [0.15, 0.2) is 0 Å². The van der Waals surface area contributed by atoms with Gasteiger partial charge in [-0.05, 0) is 39.4 Å². The van der Waals surface area contributed by atoms with Crippen LogP contribution >= 0.6 is 0 Å². The molecule has 5 nitrogen and oxygen atoms in total. The molecular formula is C13H25N3O2. The van der Waals surface area contributed by atoms with E-state index in [1.807, 2.05) is 4.90 Å². The molecule has 2 saturated heterocycles. The van der Waals surface area contributed by atoms with Crippen molar-refractivity contribution >= 4 is 5.91 Å². The second kappa shape index (κ2) is 6.50. The van der Waals surface area contributed by atoms with Crippen molar-refractivity contribution in [1.29, 1.82) is 0 Å². The Morgan fingerprint density at radius 2 is 2.11 bits per heavy atom. The van der Waals surface area contributed by atoms with Crippen LogP contribution in [0.3, 0.4) is 0 Å². The van der Waals surface area contributed by atoms with E-state index in [4.69, 9.17) is 4.74 Å². The maximum Gasteiger partial charge on any atom is 0.236 e. The third-order valence-electron chi connectivity index (χ3n) is 4.15. The summed E-state index contributed by atoms with van der Waals surface area (Å²) in [5.41, 5.74) is 0. The number of likely N-dealkylation sites (N-methyl/N-ethyl adjacent to an activating group) is 1. The summed E-state index contributed by atoms with van der Waals surface area (Å²) in [6.45, 7) is 4.28. The second-order valence-corrected chi connectivity index (χ2v) is 5.38. The Kier molecular flexibility index (Phi) is 4.97. The highest BCUT2D eigenvalue weighted by molar-refractivity contribution is 5.78. The third kappa shape index (κ3) is 3.43. The van der Waals surface area contributed by atoms with Crippen molar-refractivity contribution in [3.05, 3.63) is 0 Å². The lowest BCUT2D eigenvalue weighted by Gasteiger charge is -2.32. The van der Waals surface area contributed by atoms with Crippen molar-refractivity contribution in [1.82, 2.24) is 15.1 Å². The van der Waals surface area contributed by atoms with E-state index in [-0.39, 0.29) is 12.0 Å². The number of piperidine rings is 1. The average Bonchev–Trinajstić information content (AvgIpc) is 2.88. The number of likely N-dealkylation sites (tertiary alicyclic amines) is 1. The number of carbonyl (C=O) groups is 1. The topological polar surface area (TPSA) is 44.8 Å². The summed E-state index contributed by atoms with van der Waals surface area (Å²) in [5, 5.41) is 3.35. The van der Waals surface area contributed by atoms with E-state index in [0.29, 0.717) is 12.6 Å². The van der Waals surface area contributed by atoms with Crippen LogP contribution in [0.1, 0.15) is 19.3 Å². The van der Waals surface area contributed by atoms with E-state index >= 15 is 0 Å². The molecule has 0 aliphatic carbocycles. The first-order chi connectivity index (χ1) is 8.70. The fourth-order valence-corrected chi connectivity index (χ4v) is 2.84. The molecule has 5 heteroatoms. The number of rotatable bonds is 4. The molecule has 0 aromatic heterocycles. The molecule has 1 amide bonds. The summed E-state index contributed by atoms with van der Waals surface area (Å²) < 4.78 is 5.30. The molecule has 0 bridgehead atoms. The molecule has 0 aromatic carbocycles. The summed E-state index contributed by atoms with van der Waals surface area (Å²) in [5.74, 6) is 0.246. The molecule has 0 saturated carbocycles. The fourth-order valence-electron chi connectivity index (χ4n) is 2.84. The van der Waals surface area contributed by atoms with Gasteiger partial charge in [0.05, 0.1) is 12.6 Å². The number of methoxy groups -OCH3 is 1. The van der Waals surface area contributed by atoms with Crippen molar-refractivity contribution in [2.24, 2.45) is 0 Å². The fraction of sp³-hybridized carbons (Fsp3) is 0.923. The summed E-state index contributed by atoms with van der Waals surface area (Å²) in [6, 6.07) is 0.552. The lowest BCUT2D eigenvalue weighted by atomic mass is 10.1. The van der Waals surface area contributed by atoms with Gasteiger partial charge in [-0.2, -0.15) is 0 Å². The normalized spacial score (nSPS) is 25.9. The molecule has 0 aromatic rings. The van der Waals surface area contributed by atoms with Gasteiger partial charge in [-0.15, -0.1) is 0 Å². The molecule has 0 unspecified atom stereocenters. The highest BCUT2D eigenvalue weighted by Crippen LogP contribution is 2.14. The van der Waals surface area contributed by atoms with E-state index in [9.17, 15) is 4.79 Å². The van der Waals surface area contributed by atoms with Crippen molar-refractivity contribution in [3.63, 3.8) is 0 Å². The van der Waals surface area contributed by atoms with Gasteiger partial charge in [0.15, 0.2) is 0 Å².